The summed E-state index contributed by atoms with van der Waals surface area (Å²) >= 11 is 0. The van der Waals surface area contributed by atoms with Crippen molar-refractivity contribution in [1.82, 2.24) is 4.98 Å². The van der Waals surface area contributed by atoms with Gasteiger partial charge in [0.25, 0.3) is 0 Å². The summed E-state index contributed by atoms with van der Waals surface area (Å²) in [6.45, 7) is 0. The first-order valence-electron chi connectivity index (χ1n) is 4.47. The van der Waals surface area contributed by atoms with E-state index in [4.69, 9.17) is 0 Å². The molecule has 0 radical (unpaired) electrons. The Labute approximate surface area is 94.9 Å². The monoisotopic (exact) mass is 265 g/mol. The Hall–Kier alpha value is -1.57. The molecule has 4 nitrogen and oxygen atoms in total. The molecule has 17 heavy (non-hydrogen) atoms. The number of nitrogens with zero attached hydrogens (tertiary/aromatic N) is 1. The molecule has 0 aliphatic heterocycles. The lowest BCUT2D eigenvalue weighted by molar-refractivity contribution is -0.0501. The van der Waals surface area contributed by atoms with Crippen LogP contribution in [0.4, 0.5) is 13.2 Å². The average Bonchev–Trinajstić information content (AvgIpc) is 2.62. The molecule has 0 atom stereocenters. The minimum Gasteiger partial charge on any atom is -0.355 e. The van der Waals surface area contributed by atoms with Crippen LogP contribution in [0, 0.1) is 0 Å². The van der Waals surface area contributed by atoms with Crippen molar-refractivity contribution < 1.29 is 25.8 Å². The van der Waals surface area contributed by atoms with Crippen molar-refractivity contribution in [2.45, 2.75) is 11.9 Å². The van der Waals surface area contributed by atoms with Crippen LogP contribution >= 0.6 is 0 Å². The van der Waals surface area contributed by atoms with Crippen LogP contribution in [0.1, 0.15) is 11.3 Å². The molecule has 0 N–H and O–H groups in total. The highest BCUT2D eigenvalue weighted by Crippen LogP contribution is 2.27. The number of halogens is 3. The fourth-order valence-electron chi connectivity index (χ4n) is 1.31. The van der Waals surface area contributed by atoms with Gasteiger partial charge in [0.2, 0.25) is 5.88 Å². The topological polar surface area (TPSA) is 56.3 Å². The normalized spacial score (nSPS) is 14.8. The quantitative estimate of drug-likeness (QED) is 0.605. The van der Waals surface area contributed by atoms with Crippen molar-refractivity contribution in [2.75, 3.05) is 0 Å². The van der Waals surface area contributed by atoms with Gasteiger partial charge < -0.3 is 4.18 Å². The highest BCUT2D eigenvalue weighted by molar-refractivity contribution is 7.87. The maximum atomic E-state index is 12.0. The van der Waals surface area contributed by atoms with E-state index in [1.165, 1.54) is 6.07 Å². The lowest BCUT2D eigenvalue weighted by atomic mass is 10.2. The molecule has 2 rings (SSSR count). The molecule has 1 aromatic heterocycles. The zero-order valence-corrected chi connectivity index (χ0v) is 9.05. The van der Waals surface area contributed by atoms with Gasteiger partial charge >= 0.3 is 15.6 Å². The number of alkyl halides is 3. The van der Waals surface area contributed by atoms with Gasteiger partial charge in [-0.2, -0.15) is 21.6 Å². The second kappa shape index (κ2) is 3.73. The summed E-state index contributed by atoms with van der Waals surface area (Å²) in [6, 6.07) is 2.53. The molecule has 0 bridgehead atoms. The average molecular weight is 265 g/mol. The van der Waals surface area contributed by atoms with Crippen LogP contribution in [0.5, 0.6) is 5.88 Å². The number of hydrogen-bond acceptors (Lipinski definition) is 4. The van der Waals surface area contributed by atoms with Gasteiger partial charge in [0, 0.05) is 12.5 Å². The van der Waals surface area contributed by atoms with E-state index < -0.39 is 21.5 Å². The van der Waals surface area contributed by atoms with Gasteiger partial charge in [-0.25, -0.2) is 4.98 Å². The molecule has 1 aromatic rings. The number of aromatic nitrogens is 1. The summed E-state index contributed by atoms with van der Waals surface area (Å²) < 4.78 is 61.5. The number of pyridine rings is 1. The largest absolute Gasteiger partial charge is 0.534 e. The van der Waals surface area contributed by atoms with Crippen molar-refractivity contribution in [1.29, 1.82) is 0 Å². The van der Waals surface area contributed by atoms with Gasteiger partial charge in [-0.15, -0.1) is 0 Å². The van der Waals surface area contributed by atoms with E-state index in [1.54, 1.807) is 12.2 Å². The van der Waals surface area contributed by atoms with Gasteiger partial charge in [-0.05, 0) is 11.6 Å². The van der Waals surface area contributed by atoms with Gasteiger partial charge in [0.15, 0.2) is 0 Å². The minimum atomic E-state index is -5.65. The Kier molecular flexibility index (Phi) is 2.61. The van der Waals surface area contributed by atoms with Gasteiger partial charge in [-0.1, -0.05) is 12.2 Å². The minimum absolute atomic E-state index is 0.443. The Balaban J connectivity index is 2.27. The van der Waals surface area contributed by atoms with Crippen molar-refractivity contribution in [3.8, 4) is 5.88 Å². The zero-order valence-electron chi connectivity index (χ0n) is 8.23. The van der Waals surface area contributed by atoms with E-state index >= 15 is 0 Å². The summed E-state index contributed by atoms with van der Waals surface area (Å²) in [4.78, 5) is 3.69. The molecule has 0 fully saturated rings. The first-order chi connectivity index (χ1) is 7.79. The van der Waals surface area contributed by atoms with E-state index in [0.29, 0.717) is 12.1 Å². The number of allylic oxidation sites excluding steroid dienone is 1. The van der Waals surface area contributed by atoms with Crippen LogP contribution in [0.15, 0.2) is 18.2 Å². The van der Waals surface area contributed by atoms with Crippen molar-refractivity contribution >= 4 is 16.2 Å². The molecule has 0 amide bonds. The predicted octanol–water partition coefficient (Wildman–Crippen LogP) is 1.88. The van der Waals surface area contributed by atoms with Crippen LogP contribution in [-0.4, -0.2) is 18.9 Å². The Bertz CT molecular complexity index is 578. The molecule has 0 spiro atoms. The van der Waals surface area contributed by atoms with Crippen LogP contribution in [0.3, 0.4) is 0 Å². The molecular formula is C9H6F3NO3S. The summed E-state index contributed by atoms with van der Waals surface area (Å²) in [5, 5.41) is 0. The third kappa shape index (κ3) is 2.26. The molecule has 1 aliphatic rings. The first-order valence-corrected chi connectivity index (χ1v) is 5.88. The number of hydrogen-bond donors (Lipinski definition) is 0. The summed E-state index contributed by atoms with van der Waals surface area (Å²) in [5.41, 5.74) is -4.23. The highest BCUT2D eigenvalue weighted by atomic mass is 32.2. The van der Waals surface area contributed by atoms with E-state index in [9.17, 15) is 21.6 Å². The fraction of sp³-hybridized carbons (Fsp3) is 0.222. The molecule has 0 unspecified atom stereocenters. The maximum Gasteiger partial charge on any atom is 0.534 e. The lowest BCUT2D eigenvalue weighted by Gasteiger charge is -2.09. The molecule has 0 saturated carbocycles. The Morgan fingerprint density at radius 1 is 1.29 bits per heavy atom. The molecule has 92 valence electrons. The fourth-order valence-corrected chi connectivity index (χ4v) is 1.72. The van der Waals surface area contributed by atoms with Gasteiger partial charge in [-0.3, -0.25) is 0 Å². The van der Waals surface area contributed by atoms with Gasteiger partial charge in [0.1, 0.15) is 0 Å². The van der Waals surface area contributed by atoms with Crippen LogP contribution in [0.2, 0.25) is 0 Å². The third-order valence-corrected chi connectivity index (χ3v) is 3.03. The van der Waals surface area contributed by atoms with Crippen molar-refractivity contribution in [3.63, 3.8) is 0 Å². The summed E-state index contributed by atoms with van der Waals surface area (Å²) in [5.74, 6) is -0.579. The van der Waals surface area contributed by atoms with E-state index in [2.05, 4.69) is 9.17 Å². The van der Waals surface area contributed by atoms with E-state index in [1.807, 2.05) is 0 Å². The molecule has 1 heterocycles. The molecule has 0 aromatic carbocycles. The summed E-state index contributed by atoms with van der Waals surface area (Å²) in [6.07, 6.45) is 3.95. The van der Waals surface area contributed by atoms with Crippen LogP contribution < -0.4 is 4.18 Å². The second-order valence-electron chi connectivity index (χ2n) is 3.28. The van der Waals surface area contributed by atoms with Crippen molar-refractivity contribution in [2.24, 2.45) is 0 Å². The molecule has 0 saturated heterocycles. The van der Waals surface area contributed by atoms with Crippen LogP contribution in [0.25, 0.3) is 6.08 Å². The molecule has 8 heteroatoms. The zero-order chi connectivity index (χ0) is 12.7. The smallest absolute Gasteiger partial charge is 0.355 e. The lowest BCUT2D eigenvalue weighted by Crippen LogP contribution is -2.28. The SMILES string of the molecule is O=S(=O)(Oc1ccc2c(n1)CC=C2)C(F)(F)F. The Morgan fingerprint density at radius 2 is 2.00 bits per heavy atom. The predicted molar refractivity (Wildman–Crippen MR) is 52.6 cm³/mol. The van der Waals surface area contributed by atoms with Crippen LogP contribution in [-0.2, 0) is 16.5 Å². The van der Waals surface area contributed by atoms with E-state index in [0.717, 1.165) is 11.6 Å². The highest BCUT2D eigenvalue weighted by Gasteiger charge is 2.48. The second-order valence-corrected chi connectivity index (χ2v) is 4.81. The molecule has 1 aliphatic carbocycles. The van der Waals surface area contributed by atoms with Crippen molar-refractivity contribution in [3.05, 3.63) is 29.5 Å². The third-order valence-electron chi connectivity index (χ3n) is 2.07. The number of rotatable bonds is 2. The van der Waals surface area contributed by atoms with E-state index in [-0.39, 0.29) is 0 Å². The maximum absolute atomic E-state index is 12.0. The molecular weight excluding hydrogens is 259 g/mol. The number of fused-ring (bicyclic) bond motifs is 1. The first kappa shape index (κ1) is 11.9. The summed E-state index contributed by atoms with van der Waals surface area (Å²) in [7, 11) is -5.65. The Morgan fingerprint density at radius 3 is 2.65 bits per heavy atom. The standard InChI is InChI=1S/C9H6F3NO3S/c10-9(11,12)17(14,15)16-8-5-4-6-2-1-3-7(6)13-8/h1-2,4-5H,3H2. The van der Waals surface area contributed by atoms with Gasteiger partial charge in [0.05, 0.1) is 5.69 Å².